The molecule has 23 heavy (non-hydrogen) atoms. The number of rotatable bonds is 6. The summed E-state index contributed by atoms with van der Waals surface area (Å²) in [5, 5.41) is 7.81. The van der Waals surface area contributed by atoms with E-state index in [4.69, 9.17) is 4.52 Å². The maximum absolute atomic E-state index is 13.4. The van der Waals surface area contributed by atoms with E-state index >= 15 is 0 Å². The number of anilines is 1. The minimum absolute atomic E-state index is 0.257. The van der Waals surface area contributed by atoms with E-state index in [0.717, 1.165) is 12.2 Å². The highest BCUT2D eigenvalue weighted by Gasteiger charge is 2.09. The molecule has 0 atom stereocenters. The zero-order chi connectivity index (χ0) is 16.2. The van der Waals surface area contributed by atoms with Gasteiger partial charge in [0.1, 0.15) is 18.0 Å². The second-order valence-electron chi connectivity index (χ2n) is 5.62. The molecule has 0 spiro atoms. The summed E-state index contributed by atoms with van der Waals surface area (Å²) in [5.74, 6) is 1.94. The van der Waals surface area contributed by atoms with Crippen LogP contribution in [0.4, 0.5) is 10.2 Å². The number of aromatic nitrogens is 4. The Balaban J connectivity index is 1.59. The molecule has 120 valence electrons. The zero-order valence-corrected chi connectivity index (χ0v) is 13.1. The molecular weight excluding hydrogens is 297 g/mol. The molecule has 0 aliphatic rings. The van der Waals surface area contributed by atoms with Crippen molar-refractivity contribution in [1.82, 2.24) is 20.1 Å². The second-order valence-corrected chi connectivity index (χ2v) is 5.62. The maximum atomic E-state index is 13.4. The summed E-state index contributed by atoms with van der Waals surface area (Å²) >= 11 is 0. The SMILES string of the molecule is CC(C)c1noc(CCCNc2ncnc3ccc(F)cc23)n1. The van der Waals surface area contributed by atoms with E-state index in [1.54, 1.807) is 6.07 Å². The molecule has 6 nitrogen and oxygen atoms in total. The number of fused-ring (bicyclic) bond motifs is 1. The molecule has 0 aliphatic carbocycles. The highest BCUT2D eigenvalue weighted by atomic mass is 19.1. The topological polar surface area (TPSA) is 76.7 Å². The van der Waals surface area contributed by atoms with Crippen molar-refractivity contribution in [1.29, 1.82) is 0 Å². The predicted octanol–water partition coefficient (Wildman–Crippen LogP) is 3.32. The second kappa shape index (κ2) is 6.68. The molecule has 0 aliphatic heterocycles. The van der Waals surface area contributed by atoms with Crippen molar-refractivity contribution in [2.45, 2.75) is 32.6 Å². The lowest BCUT2D eigenvalue weighted by Gasteiger charge is -2.07. The predicted molar refractivity (Wildman–Crippen MR) is 84.7 cm³/mol. The van der Waals surface area contributed by atoms with Crippen LogP contribution in [0.1, 0.15) is 37.9 Å². The summed E-state index contributed by atoms with van der Waals surface area (Å²) in [6, 6.07) is 4.47. The van der Waals surface area contributed by atoms with Crippen molar-refractivity contribution >= 4 is 16.7 Å². The molecule has 7 heteroatoms. The standard InChI is InChI=1S/C16H18FN5O/c1-10(2)15-21-14(23-22-15)4-3-7-18-16-12-8-11(17)5-6-13(12)19-9-20-16/h5-6,8-10H,3-4,7H2,1-2H3,(H,18,19,20). The Morgan fingerprint density at radius 1 is 1.26 bits per heavy atom. The first-order chi connectivity index (χ1) is 11.1. The molecular formula is C16H18FN5O. The number of nitrogens with one attached hydrogen (secondary N) is 1. The van der Waals surface area contributed by atoms with Crippen LogP contribution in [0.2, 0.25) is 0 Å². The van der Waals surface area contributed by atoms with Gasteiger partial charge >= 0.3 is 0 Å². The first-order valence-corrected chi connectivity index (χ1v) is 7.60. The fourth-order valence-electron chi connectivity index (χ4n) is 2.22. The molecule has 0 saturated carbocycles. The van der Waals surface area contributed by atoms with Gasteiger partial charge in [-0.3, -0.25) is 0 Å². The van der Waals surface area contributed by atoms with Crippen molar-refractivity contribution in [3.63, 3.8) is 0 Å². The van der Waals surface area contributed by atoms with E-state index < -0.39 is 0 Å². The Bertz CT molecular complexity index is 802. The van der Waals surface area contributed by atoms with Gasteiger partial charge in [-0.15, -0.1) is 0 Å². The Kier molecular flexibility index (Phi) is 4.45. The van der Waals surface area contributed by atoms with Crippen LogP contribution in [-0.2, 0) is 6.42 Å². The van der Waals surface area contributed by atoms with Gasteiger partial charge in [-0.2, -0.15) is 4.98 Å². The number of aryl methyl sites for hydroxylation is 1. The Hall–Kier alpha value is -2.57. The van der Waals surface area contributed by atoms with Gasteiger partial charge < -0.3 is 9.84 Å². The van der Waals surface area contributed by atoms with Crippen molar-refractivity contribution in [3.8, 4) is 0 Å². The lowest BCUT2D eigenvalue weighted by molar-refractivity contribution is 0.369. The van der Waals surface area contributed by atoms with E-state index in [2.05, 4.69) is 25.4 Å². The van der Waals surface area contributed by atoms with Gasteiger partial charge in [-0.25, -0.2) is 14.4 Å². The van der Waals surface area contributed by atoms with Crippen molar-refractivity contribution in [2.75, 3.05) is 11.9 Å². The van der Waals surface area contributed by atoms with Crippen LogP contribution in [0, 0.1) is 5.82 Å². The number of benzene rings is 1. The number of nitrogens with zero attached hydrogens (tertiary/aromatic N) is 4. The van der Waals surface area contributed by atoms with Gasteiger partial charge in [-0.05, 0) is 24.6 Å². The van der Waals surface area contributed by atoms with Gasteiger partial charge in [0.05, 0.1) is 5.52 Å². The van der Waals surface area contributed by atoms with Gasteiger partial charge in [-0.1, -0.05) is 19.0 Å². The summed E-state index contributed by atoms with van der Waals surface area (Å²) in [6.45, 7) is 4.72. The largest absolute Gasteiger partial charge is 0.369 e. The third-order valence-corrected chi connectivity index (χ3v) is 3.46. The molecule has 0 amide bonds. The van der Waals surface area contributed by atoms with Gasteiger partial charge in [0.15, 0.2) is 5.82 Å². The number of hydrogen-bond donors (Lipinski definition) is 1. The number of hydrogen-bond acceptors (Lipinski definition) is 6. The van der Waals surface area contributed by atoms with Crippen LogP contribution in [0.15, 0.2) is 29.0 Å². The number of halogens is 1. The van der Waals surface area contributed by atoms with Crippen LogP contribution >= 0.6 is 0 Å². The fourth-order valence-corrected chi connectivity index (χ4v) is 2.22. The lowest BCUT2D eigenvalue weighted by atomic mass is 10.2. The zero-order valence-electron chi connectivity index (χ0n) is 13.1. The van der Waals surface area contributed by atoms with Crippen molar-refractivity contribution < 1.29 is 8.91 Å². The molecule has 0 fully saturated rings. The van der Waals surface area contributed by atoms with Crippen LogP contribution in [0.25, 0.3) is 10.9 Å². The maximum Gasteiger partial charge on any atom is 0.226 e. The Labute approximate surface area is 133 Å². The van der Waals surface area contributed by atoms with Gasteiger partial charge in [0.25, 0.3) is 0 Å². The molecule has 0 radical (unpaired) electrons. The fraction of sp³-hybridized carbons (Fsp3) is 0.375. The van der Waals surface area contributed by atoms with Crippen LogP contribution in [0.5, 0.6) is 0 Å². The average molecular weight is 315 g/mol. The molecule has 0 bridgehead atoms. The summed E-state index contributed by atoms with van der Waals surface area (Å²) < 4.78 is 18.6. The first kappa shape index (κ1) is 15.3. The van der Waals surface area contributed by atoms with E-state index in [9.17, 15) is 4.39 Å². The van der Waals surface area contributed by atoms with Crippen LogP contribution < -0.4 is 5.32 Å². The van der Waals surface area contributed by atoms with Crippen molar-refractivity contribution in [3.05, 3.63) is 42.1 Å². The summed E-state index contributed by atoms with van der Waals surface area (Å²) in [7, 11) is 0. The minimum atomic E-state index is -0.303. The van der Waals surface area contributed by atoms with Gasteiger partial charge in [0.2, 0.25) is 5.89 Å². The summed E-state index contributed by atoms with van der Waals surface area (Å²) in [4.78, 5) is 12.6. The van der Waals surface area contributed by atoms with Gasteiger partial charge in [0, 0.05) is 24.3 Å². The molecule has 1 N–H and O–H groups in total. The highest BCUT2D eigenvalue weighted by Crippen LogP contribution is 2.20. The third-order valence-electron chi connectivity index (χ3n) is 3.46. The van der Waals surface area contributed by atoms with E-state index in [-0.39, 0.29) is 11.7 Å². The normalized spacial score (nSPS) is 11.3. The molecule has 3 aromatic rings. The Morgan fingerprint density at radius 2 is 2.13 bits per heavy atom. The van der Waals surface area contributed by atoms with E-state index in [1.165, 1.54) is 18.5 Å². The Morgan fingerprint density at radius 3 is 2.91 bits per heavy atom. The quantitative estimate of drug-likeness (QED) is 0.703. The molecule has 0 unspecified atom stereocenters. The van der Waals surface area contributed by atoms with Crippen LogP contribution in [-0.4, -0.2) is 26.7 Å². The van der Waals surface area contributed by atoms with Crippen molar-refractivity contribution in [2.24, 2.45) is 0 Å². The molecule has 2 aromatic heterocycles. The minimum Gasteiger partial charge on any atom is -0.369 e. The summed E-state index contributed by atoms with van der Waals surface area (Å²) in [6.07, 6.45) is 2.96. The third kappa shape index (κ3) is 3.61. The highest BCUT2D eigenvalue weighted by molar-refractivity contribution is 5.88. The molecule has 1 aromatic carbocycles. The first-order valence-electron chi connectivity index (χ1n) is 7.60. The monoisotopic (exact) mass is 315 g/mol. The lowest BCUT2D eigenvalue weighted by Crippen LogP contribution is -2.06. The van der Waals surface area contributed by atoms with E-state index in [1.807, 2.05) is 13.8 Å². The summed E-state index contributed by atoms with van der Waals surface area (Å²) in [5.41, 5.74) is 0.711. The average Bonchev–Trinajstić information content (AvgIpc) is 3.01. The smallest absolute Gasteiger partial charge is 0.226 e. The van der Waals surface area contributed by atoms with E-state index in [0.29, 0.717) is 35.6 Å². The molecule has 0 saturated heterocycles. The molecule has 2 heterocycles. The molecule has 3 rings (SSSR count). The van der Waals surface area contributed by atoms with Crippen LogP contribution in [0.3, 0.4) is 0 Å².